The van der Waals surface area contributed by atoms with Gasteiger partial charge in [0, 0.05) is 0 Å². The molecule has 120 valence electrons. The van der Waals surface area contributed by atoms with Gasteiger partial charge in [0.05, 0.1) is 21.1 Å². The largest absolute Gasteiger partial charge is 0.459 e. The molecule has 0 amide bonds. The van der Waals surface area contributed by atoms with Gasteiger partial charge in [-0.15, -0.1) is 0 Å². The van der Waals surface area contributed by atoms with Crippen LogP contribution in [0.5, 0.6) is 0 Å². The van der Waals surface area contributed by atoms with Crippen LogP contribution in [0.25, 0.3) is 0 Å². The van der Waals surface area contributed by atoms with Crippen molar-refractivity contribution in [2.45, 2.75) is 37.6 Å². The lowest BCUT2D eigenvalue weighted by Gasteiger charge is -2.28. The molecule has 0 saturated carbocycles. The van der Waals surface area contributed by atoms with E-state index in [9.17, 15) is 9.59 Å². The molecule has 0 aromatic rings. The van der Waals surface area contributed by atoms with Crippen LogP contribution in [-0.4, -0.2) is 66.6 Å². The van der Waals surface area contributed by atoms with E-state index in [2.05, 4.69) is 9.80 Å². The van der Waals surface area contributed by atoms with Crippen LogP contribution in [0.4, 0.5) is 0 Å². The molecule has 0 radical (unpaired) electrons. The third-order valence-corrected chi connectivity index (χ3v) is 6.25. The second kappa shape index (κ2) is 7.67. The molecule has 1 heterocycles. The van der Waals surface area contributed by atoms with Gasteiger partial charge in [0.1, 0.15) is 5.57 Å². The number of hydrogen-bond acceptors (Lipinski definition) is 7. The van der Waals surface area contributed by atoms with Crippen LogP contribution in [0.1, 0.15) is 20.8 Å². The van der Waals surface area contributed by atoms with E-state index in [-0.39, 0.29) is 28.2 Å². The van der Waals surface area contributed by atoms with Crippen molar-refractivity contribution < 1.29 is 14.3 Å². The summed E-state index contributed by atoms with van der Waals surface area (Å²) in [7, 11) is 7.99. The molecule has 0 N–H and O–H groups in total. The standard InChI is InChI=1S/C14H24N2O3S2/c1-8(2)19-13(18)10(9(3)17)14-20-11(15(4)5)12(21-14)16(6)7/h8,11-12H,1-7H3. The molecular weight excluding hydrogens is 308 g/mol. The molecule has 0 aromatic carbocycles. The Morgan fingerprint density at radius 3 is 1.76 bits per heavy atom. The summed E-state index contributed by atoms with van der Waals surface area (Å²) < 4.78 is 5.96. The van der Waals surface area contributed by atoms with Gasteiger partial charge in [0.2, 0.25) is 0 Å². The molecule has 7 heteroatoms. The lowest BCUT2D eigenvalue weighted by atomic mass is 10.2. The molecule has 0 bridgehead atoms. The smallest absolute Gasteiger partial charge is 0.343 e. The van der Waals surface area contributed by atoms with Crippen LogP contribution in [0.2, 0.25) is 0 Å². The number of likely N-dealkylation sites (N-methyl/N-ethyl adjacent to an activating group) is 2. The molecule has 1 rings (SSSR count). The third kappa shape index (κ3) is 4.74. The molecule has 2 unspecified atom stereocenters. The van der Waals surface area contributed by atoms with Gasteiger partial charge in [-0.05, 0) is 49.0 Å². The maximum absolute atomic E-state index is 12.2. The van der Waals surface area contributed by atoms with E-state index in [0.717, 1.165) is 4.24 Å². The molecule has 1 saturated heterocycles. The topological polar surface area (TPSA) is 49.9 Å². The van der Waals surface area contributed by atoms with Crippen molar-refractivity contribution in [1.82, 2.24) is 9.80 Å². The predicted molar refractivity (Wildman–Crippen MR) is 89.1 cm³/mol. The summed E-state index contributed by atoms with van der Waals surface area (Å²) in [6, 6.07) is 0. The minimum absolute atomic E-state index is 0.176. The predicted octanol–water partition coefficient (Wildman–Crippen LogP) is 1.99. The van der Waals surface area contributed by atoms with Crippen molar-refractivity contribution in [3.63, 3.8) is 0 Å². The first kappa shape index (κ1) is 18.5. The van der Waals surface area contributed by atoms with Crippen LogP contribution >= 0.6 is 23.5 Å². The number of ether oxygens (including phenoxy) is 1. The Morgan fingerprint density at radius 1 is 1.05 bits per heavy atom. The minimum Gasteiger partial charge on any atom is -0.459 e. The maximum Gasteiger partial charge on any atom is 0.343 e. The Morgan fingerprint density at radius 2 is 1.48 bits per heavy atom. The monoisotopic (exact) mass is 332 g/mol. The first-order chi connectivity index (χ1) is 9.65. The van der Waals surface area contributed by atoms with E-state index in [1.54, 1.807) is 37.4 Å². The molecule has 0 aromatic heterocycles. The van der Waals surface area contributed by atoms with E-state index < -0.39 is 5.97 Å². The molecule has 1 aliphatic heterocycles. The van der Waals surface area contributed by atoms with Gasteiger partial charge in [0.25, 0.3) is 0 Å². The highest BCUT2D eigenvalue weighted by atomic mass is 32.2. The Kier molecular flexibility index (Phi) is 6.77. The third-order valence-electron chi connectivity index (χ3n) is 2.82. The van der Waals surface area contributed by atoms with Gasteiger partial charge in [-0.25, -0.2) is 4.79 Å². The Labute approximate surface area is 135 Å². The number of carbonyl (C=O) groups excluding carboxylic acids is 2. The number of carbonyl (C=O) groups is 2. The second-order valence-electron chi connectivity index (χ2n) is 5.62. The quantitative estimate of drug-likeness (QED) is 0.330. The normalized spacial score (nSPS) is 22.3. The first-order valence-electron chi connectivity index (χ1n) is 6.77. The molecule has 2 atom stereocenters. The van der Waals surface area contributed by atoms with E-state index >= 15 is 0 Å². The van der Waals surface area contributed by atoms with Crippen LogP contribution in [0.3, 0.4) is 0 Å². The summed E-state index contributed by atoms with van der Waals surface area (Å²) in [5.74, 6) is -0.767. The summed E-state index contributed by atoms with van der Waals surface area (Å²) >= 11 is 3.10. The van der Waals surface area contributed by atoms with Gasteiger partial charge in [-0.1, -0.05) is 23.5 Å². The average Bonchev–Trinajstić information content (AvgIpc) is 2.72. The molecule has 5 nitrogen and oxygen atoms in total. The highest BCUT2D eigenvalue weighted by molar-refractivity contribution is 8.26. The fraction of sp³-hybridized carbons (Fsp3) is 0.714. The zero-order chi connectivity index (χ0) is 16.3. The van der Waals surface area contributed by atoms with Crippen LogP contribution in [0, 0.1) is 0 Å². The molecule has 0 aliphatic carbocycles. The summed E-state index contributed by atoms with van der Waals surface area (Å²) in [5.41, 5.74) is 0.176. The van der Waals surface area contributed by atoms with Gasteiger partial charge in [-0.2, -0.15) is 0 Å². The number of esters is 1. The average molecular weight is 332 g/mol. The van der Waals surface area contributed by atoms with Crippen molar-refractivity contribution >= 4 is 35.3 Å². The molecular formula is C14H24N2O3S2. The number of hydrogen-bond donors (Lipinski definition) is 0. The summed E-state index contributed by atoms with van der Waals surface area (Å²) in [6.45, 7) is 4.97. The number of thioether (sulfide) groups is 2. The summed E-state index contributed by atoms with van der Waals surface area (Å²) in [6.07, 6.45) is -0.238. The zero-order valence-electron chi connectivity index (χ0n) is 13.7. The van der Waals surface area contributed by atoms with E-state index in [0.29, 0.717) is 0 Å². The van der Waals surface area contributed by atoms with Crippen molar-refractivity contribution in [3.8, 4) is 0 Å². The summed E-state index contributed by atoms with van der Waals surface area (Å²) in [5, 5.41) is 0.363. The lowest BCUT2D eigenvalue weighted by molar-refractivity contribution is -0.143. The van der Waals surface area contributed by atoms with Crippen LogP contribution in [0.15, 0.2) is 9.81 Å². The van der Waals surface area contributed by atoms with Gasteiger partial charge >= 0.3 is 5.97 Å². The first-order valence-corrected chi connectivity index (χ1v) is 8.53. The van der Waals surface area contributed by atoms with Crippen molar-refractivity contribution in [2.24, 2.45) is 0 Å². The number of nitrogens with zero attached hydrogens (tertiary/aromatic N) is 2. The van der Waals surface area contributed by atoms with Gasteiger partial charge < -0.3 is 4.74 Å². The zero-order valence-corrected chi connectivity index (χ0v) is 15.3. The molecule has 1 aliphatic rings. The summed E-state index contributed by atoms with van der Waals surface area (Å²) in [4.78, 5) is 28.3. The Balaban J connectivity index is 3.13. The maximum atomic E-state index is 12.2. The molecule has 0 spiro atoms. The number of rotatable bonds is 5. The van der Waals surface area contributed by atoms with Crippen LogP contribution < -0.4 is 0 Å². The van der Waals surface area contributed by atoms with E-state index in [1.807, 2.05) is 28.2 Å². The highest BCUT2D eigenvalue weighted by Crippen LogP contribution is 2.50. The number of ketones is 1. The Hall–Kier alpha value is -0.500. The van der Waals surface area contributed by atoms with Crippen molar-refractivity contribution in [2.75, 3.05) is 28.2 Å². The van der Waals surface area contributed by atoms with E-state index in [1.165, 1.54) is 6.92 Å². The number of Topliss-reactive ketones (excluding diaryl/α,β-unsaturated/α-hetero) is 1. The van der Waals surface area contributed by atoms with Crippen LogP contribution in [-0.2, 0) is 14.3 Å². The SMILES string of the molecule is CC(=O)C(C(=O)OC(C)C)=C1SC(N(C)C)C(N(C)C)S1. The van der Waals surface area contributed by atoms with Gasteiger partial charge in [-0.3, -0.25) is 14.6 Å². The highest BCUT2D eigenvalue weighted by Gasteiger charge is 2.39. The lowest BCUT2D eigenvalue weighted by Crippen LogP contribution is -2.39. The Bertz CT molecular complexity index is 430. The van der Waals surface area contributed by atoms with Gasteiger partial charge in [0.15, 0.2) is 5.78 Å². The minimum atomic E-state index is -0.524. The molecule has 1 fully saturated rings. The fourth-order valence-electron chi connectivity index (χ4n) is 1.85. The van der Waals surface area contributed by atoms with Crippen molar-refractivity contribution in [3.05, 3.63) is 9.81 Å². The fourth-order valence-corrected chi connectivity index (χ4v) is 5.26. The van der Waals surface area contributed by atoms with E-state index in [4.69, 9.17) is 4.74 Å². The second-order valence-corrected chi connectivity index (χ2v) is 8.13. The van der Waals surface area contributed by atoms with Crippen molar-refractivity contribution in [1.29, 1.82) is 0 Å². The molecule has 21 heavy (non-hydrogen) atoms.